The zero-order valence-corrected chi connectivity index (χ0v) is 16.7. The lowest BCUT2D eigenvalue weighted by molar-refractivity contribution is -0.131. The number of nitrogens with zero attached hydrogens (tertiary/aromatic N) is 3. The highest BCUT2D eigenvalue weighted by Gasteiger charge is 2.28. The van der Waals surface area contributed by atoms with Crippen molar-refractivity contribution < 1.29 is 4.79 Å². The first kappa shape index (κ1) is 18.5. The Bertz CT molecular complexity index is 883. The number of para-hydroxylation sites is 1. The number of aromatic nitrogens is 2. The normalized spacial score (nSPS) is 19.5. The molecule has 2 aliphatic rings. The summed E-state index contributed by atoms with van der Waals surface area (Å²) in [6.45, 7) is 3.65. The second kappa shape index (κ2) is 8.05. The lowest BCUT2D eigenvalue weighted by Gasteiger charge is -2.29. The summed E-state index contributed by atoms with van der Waals surface area (Å²) in [5.41, 5.74) is 0.754. The summed E-state index contributed by atoms with van der Waals surface area (Å²) < 4.78 is 1.87. The quantitative estimate of drug-likeness (QED) is 0.589. The number of benzene rings is 1. The number of fused-ring (bicyclic) bond motifs is 1. The number of piperidine rings is 1. The second-order valence-corrected chi connectivity index (χ2v) is 8.98. The average Bonchev–Trinajstić information content (AvgIpc) is 3.22. The molecule has 2 aromatic rings. The Labute approximate surface area is 164 Å². The van der Waals surface area contributed by atoms with Gasteiger partial charge in [-0.05, 0) is 51.2 Å². The number of carbonyl (C=O) groups is 1. The number of carbonyl (C=O) groups excluding carboxylic acids is 1. The van der Waals surface area contributed by atoms with Crippen molar-refractivity contribution in [2.75, 3.05) is 13.1 Å². The van der Waals surface area contributed by atoms with E-state index in [-0.39, 0.29) is 22.8 Å². The molecule has 1 amide bonds. The van der Waals surface area contributed by atoms with Gasteiger partial charge in [0.15, 0.2) is 5.16 Å². The minimum Gasteiger partial charge on any atom is -0.342 e. The molecule has 1 unspecified atom stereocenters. The molecule has 0 spiro atoms. The van der Waals surface area contributed by atoms with Crippen LogP contribution in [0, 0.1) is 0 Å². The Kier molecular flexibility index (Phi) is 5.53. The largest absolute Gasteiger partial charge is 0.342 e. The Morgan fingerprint density at radius 2 is 1.81 bits per heavy atom. The molecular formula is C21H27N3O2S. The van der Waals surface area contributed by atoms with Crippen molar-refractivity contribution >= 4 is 28.6 Å². The van der Waals surface area contributed by atoms with E-state index in [1.807, 2.05) is 40.7 Å². The molecule has 1 saturated carbocycles. The molecular weight excluding hydrogens is 358 g/mol. The topological polar surface area (TPSA) is 55.2 Å². The van der Waals surface area contributed by atoms with E-state index in [4.69, 9.17) is 4.98 Å². The lowest BCUT2D eigenvalue weighted by atomic mass is 10.1. The van der Waals surface area contributed by atoms with Crippen LogP contribution in [0.5, 0.6) is 0 Å². The lowest BCUT2D eigenvalue weighted by Crippen LogP contribution is -2.40. The van der Waals surface area contributed by atoms with Crippen molar-refractivity contribution in [3.05, 3.63) is 34.6 Å². The van der Waals surface area contributed by atoms with Crippen molar-refractivity contribution in [3.63, 3.8) is 0 Å². The van der Waals surface area contributed by atoms with E-state index in [9.17, 15) is 9.59 Å². The summed E-state index contributed by atoms with van der Waals surface area (Å²) >= 11 is 1.45. The SMILES string of the molecule is CC(Sc1nc2ccccc2c(=O)n1C1CCCC1)C(=O)N1CCCCC1. The molecule has 1 aliphatic heterocycles. The molecule has 2 fully saturated rings. The number of amides is 1. The van der Waals surface area contributed by atoms with Crippen molar-refractivity contribution in [2.45, 2.75) is 68.3 Å². The monoisotopic (exact) mass is 385 g/mol. The van der Waals surface area contributed by atoms with Crippen LogP contribution in [0.25, 0.3) is 10.9 Å². The maximum atomic E-state index is 13.2. The van der Waals surface area contributed by atoms with Gasteiger partial charge in [-0.3, -0.25) is 14.2 Å². The van der Waals surface area contributed by atoms with E-state index in [1.165, 1.54) is 18.2 Å². The fraction of sp³-hybridized carbons (Fsp3) is 0.571. The van der Waals surface area contributed by atoms with Crippen molar-refractivity contribution in [2.24, 2.45) is 0 Å². The number of hydrogen-bond donors (Lipinski definition) is 0. The summed E-state index contributed by atoms with van der Waals surface area (Å²) in [7, 11) is 0. The summed E-state index contributed by atoms with van der Waals surface area (Å²) in [5, 5.41) is 1.14. The highest BCUT2D eigenvalue weighted by molar-refractivity contribution is 8.00. The van der Waals surface area contributed by atoms with Gasteiger partial charge < -0.3 is 4.90 Å². The first-order valence-corrected chi connectivity index (χ1v) is 11.0. The van der Waals surface area contributed by atoms with Crippen LogP contribution in [0.4, 0.5) is 0 Å². The number of rotatable bonds is 4. The van der Waals surface area contributed by atoms with Gasteiger partial charge in [-0.15, -0.1) is 0 Å². The van der Waals surface area contributed by atoms with Crippen LogP contribution in [0.1, 0.15) is 57.9 Å². The Morgan fingerprint density at radius 3 is 2.56 bits per heavy atom. The van der Waals surface area contributed by atoms with Gasteiger partial charge in [0.25, 0.3) is 5.56 Å². The van der Waals surface area contributed by atoms with E-state index < -0.39 is 0 Å². The first-order chi connectivity index (χ1) is 13.1. The van der Waals surface area contributed by atoms with Gasteiger partial charge in [0.05, 0.1) is 16.2 Å². The van der Waals surface area contributed by atoms with Gasteiger partial charge in [0, 0.05) is 19.1 Å². The van der Waals surface area contributed by atoms with Crippen LogP contribution in [0.3, 0.4) is 0 Å². The van der Waals surface area contributed by atoms with Gasteiger partial charge in [-0.2, -0.15) is 0 Å². The van der Waals surface area contributed by atoms with Crippen molar-refractivity contribution in [3.8, 4) is 0 Å². The molecule has 1 aliphatic carbocycles. The van der Waals surface area contributed by atoms with Crippen LogP contribution in [0.2, 0.25) is 0 Å². The van der Waals surface area contributed by atoms with Gasteiger partial charge in [0.2, 0.25) is 5.91 Å². The second-order valence-electron chi connectivity index (χ2n) is 7.67. The van der Waals surface area contributed by atoms with Crippen LogP contribution in [0.15, 0.2) is 34.2 Å². The van der Waals surface area contributed by atoms with Gasteiger partial charge >= 0.3 is 0 Å². The molecule has 1 aromatic heterocycles. The highest BCUT2D eigenvalue weighted by Crippen LogP contribution is 2.33. The predicted molar refractivity (Wildman–Crippen MR) is 109 cm³/mol. The molecule has 1 saturated heterocycles. The third kappa shape index (κ3) is 3.77. The van der Waals surface area contributed by atoms with E-state index in [1.54, 1.807) is 0 Å². The Hall–Kier alpha value is -1.82. The molecule has 6 heteroatoms. The fourth-order valence-electron chi connectivity index (χ4n) is 4.27. The van der Waals surface area contributed by atoms with Crippen LogP contribution in [-0.2, 0) is 4.79 Å². The maximum Gasteiger partial charge on any atom is 0.262 e. The predicted octanol–water partition coefficient (Wildman–Crippen LogP) is 4.00. The highest BCUT2D eigenvalue weighted by atomic mass is 32.2. The van der Waals surface area contributed by atoms with Crippen molar-refractivity contribution in [1.82, 2.24) is 14.5 Å². The van der Waals surface area contributed by atoms with Crippen LogP contribution in [-0.4, -0.2) is 38.7 Å². The summed E-state index contributed by atoms with van der Waals surface area (Å²) in [4.78, 5) is 32.9. The fourth-order valence-corrected chi connectivity index (χ4v) is 5.34. The standard InChI is InChI=1S/C21H27N3O2S/c1-15(19(25)23-13-7-2-8-14-23)27-21-22-18-12-6-5-11-17(18)20(26)24(21)16-9-3-4-10-16/h5-6,11-12,15-16H,2-4,7-10,13-14H2,1H3. The van der Waals surface area contributed by atoms with E-state index in [0.29, 0.717) is 10.5 Å². The molecule has 27 heavy (non-hydrogen) atoms. The molecule has 2 heterocycles. The van der Waals surface area contributed by atoms with Gasteiger partial charge in [-0.25, -0.2) is 4.98 Å². The minimum absolute atomic E-state index is 0.0348. The van der Waals surface area contributed by atoms with Crippen LogP contribution < -0.4 is 5.56 Å². The van der Waals surface area contributed by atoms with Gasteiger partial charge in [0.1, 0.15) is 0 Å². The maximum absolute atomic E-state index is 13.2. The molecule has 0 radical (unpaired) electrons. The molecule has 0 N–H and O–H groups in total. The number of hydrogen-bond acceptors (Lipinski definition) is 4. The number of likely N-dealkylation sites (tertiary alicyclic amines) is 1. The van der Waals surface area contributed by atoms with E-state index >= 15 is 0 Å². The van der Waals surface area contributed by atoms with E-state index in [2.05, 4.69) is 0 Å². The summed E-state index contributed by atoms with van der Waals surface area (Å²) in [6, 6.07) is 7.74. The zero-order valence-electron chi connectivity index (χ0n) is 15.9. The average molecular weight is 386 g/mol. The number of thioether (sulfide) groups is 1. The first-order valence-electron chi connectivity index (χ1n) is 10.1. The molecule has 144 valence electrons. The molecule has 1 aromatic carbocycles. The van der Waals surface area contributed by atoms with E-state index in [0.717, 1.165) is 57.1 Å². The third-order valence-electron chi connectivity index (χ3n) is 5.76. The molecule has 4 rings (SSSR count). The molecule has 5 nitrogen and oxygen atoms in total. The third-order valence-corrected chi connectivity index (χ3v) is 6.82. The van der Waals surface area contributed by atoms with Crippen molar-refractivity contribution in [1.29, 1.82) is 0 Å². The molecule has 1 atom stereocenters. The Balaban J connectivity index is 1.68. The smallest absolute Gasteiger partial charge is 0.262 e. The summed E-state index contributed by atoms with van der Waals surface area (Å²) in [5.74, 6) is 0.167. The Morgan fingerprint density at radius 1 is 1.11 bits per heavy atom. The zero-order chi connectivity index (χ0) is 18.8. The molecule has 0 bridgehead atoms. The summed E-state index contributed by atoms with van der Waals surface area (Å²) in [6.07, 6.45) is 7.71. The van der Waals surface area contributed by atoms with Gasteiger partial charge in [-0.1, -0.05) is 36.7 Å². The van der Waals surface area contributed by atoms with Crippen LogP contribution >= 0.6 is 11.8 Å². The minimum atomic E-state index is -0.233.